The number of benzene rings is 2. The van der Waals surface area contributed by atoms with Crippen LogP contribution < -0.4 is 9.88 Å². The average molecular weight is 528 g/mol. The minimum atomic E-state index is -4.78. The summed E-state index contributed by atoms with van der Waals surface area (Å²) >= 11 is 0. The number of carbonyl (C=O) groups excluding carboxylic acids is 2. The third kappa shape index (κ3) is 6.08. The Kier molecular flexibility index (Phi) is 6.88. The van der Waals surface area contributed by atoms with Crippen molar-refractivity contribution in [2.45, 2.75) is 30.7 Å². The van der Waals surface area contributed by atoms with Crippen LogP contribution in [0.1, 0.15) is 28.8 Å². The summed E-state index contributed by atoms with van der Waals surface area (Å²) in [4.78, 5) is 28.5. The number of alkyl halides is 3. The van der Waals surface area contributed by atoms with E-state index in [2.05, 4.69) is 4.74 Å². The van der Waals surface area contributed by atoms with E-state index in [1.165, 1.54) is 36.4 Å². The van der Waals surface area contributed by atoms with Crippen LogP contribution in [0, 0.1) is 5.41 Å². The second-order valence-electron chi connectivity index (χ2n) is 9.00. The molecule has 2 heterocycles. The number of nitrogens with two attached hydrogens (primary N) is 1. The highest BCUT2D eigenvalue weighted by Crippen LogP contribution is 2.40. The first-order valence-electron chi connectivity index (χ1n) is 11.0. The van der Waals surface area contributed by atoms with Gasteiger partial charge in [0.1, 0.15) is 12.4 Å². The van der Waals surface area contributed by atoms with Crippen LogP contribution in [0.15, 0.2) is 53.4 Å². The van der Waals surface area contributed by atoms with E-state index >= 15 is 0 Å². The van der Waals surface area contributed by atoms with Gasteiger partial charge in [-0.3, -0.25) is 4.79 Å². The molecule has 0 saturated carbocycles. The van der Waals surface area contributed by atoms with Crippen molar-refractivity contribution in [3.05, 3.63) is 59.7 Å². The smallest absolute Gasteiger partial charge is 0.445 e. The summed E-state index contributed by atoms with van der Waals surface area (Å²) in [5, 5.41) is 5.08. The summed E-state index contributed by atoms with van der Waals surface area (Å²) in [6, 6.07) is 10.5. The third-order valence-electron chi connectivity index (χ3n) is 6.21. The Bertz CT molecular complexity index is 1230. The number of rotatable bonds is 5. The first kappa shape index (κ1) is 25.8. The van der Waals surface area contributed by atoms with Crippen molar-refractivity contribution < 1.29 is 40.7 Å². The zero-order valence-corrected chi connectivity index (χ0v) is 19.8. The van der Waals surface area contributed by atoms with Crippen LogP contribution in [-0.4, -0.2) is 62.8 Å². The first-order chi connectivity index (χ1) is 16.8. The minimum absolute atomic E-state index is 0.0776. The number of hydrogen-bond acceptors (Lipinski definition) is 6. The fourth-order valence-corrected chi connectivity index (χ4v) is 5.04. The van der Waals surface area contributed by atoms with Crippen molar-refractivity contribution in [3.8, 4) is 5.75 Å². The molecule has 194 valence electrons. The normalized spacial score (nSPS) is 17.4. The molecule has 0 aromatic heterocycles. The van der Waals surface area contributed by atoms with Gasteiger partial charge >= 0.3 is 12.5 Å². The summed E-state index contributed by atoms with van der Waals surface area (Å²) in [7, 11) is -3.85. The van der Waals surface area contributed by atoms with Gasteiger partial charge in [0.15, 0.2) is 0 Å². The van der Waals surface area contributed by atoms with Crippen LogP contribution >= 0.6 is 0 Å². The van der Waals surface area contributed by atoms with E-state index in [4.69, 9.17) is 9.88 Å². The summed E-state index contributed by atoms with van der Waals surface area (Å²) < 4.78 is 68.7. The van der Waals surface area contributed by atoms with Gasteiger partial charge in [-0.25, -0.2) is 18.4 Å². The Labute approximate surface area is 205 Å². The van der Waals surface area contributed by atoms with E-state index < -0.39 is 22.5 Å². The van der Waals surface area contributed by atoms with Crippen LogP contribution in [0.4, 0.5) is 18.0 Å². The van der Waals surface area contributed by atoms with E-state index in [0.717, 1.165) is 25.0 Å². The summed E-state index contributed by atoms with van der Waals surface area (Å²) in [5.74, 6) is -0.598. The van der Waals surface area contributed by atoms with E-state index in [0.29, 0.717) is 37.3 Å². The van der Waals surface area contributed by atoms with Crippen molar-refractivity contribution in [1.29, 1.82) is 0 Å². The largest absolute Gasteiger partial charge is 0.573 e. The molecule has 2 aliphatic heterocycles. The molecule has 13 heteroatoms. The lowest BCUT2D eigenvalue weighted by molar-refractivity contribution is -0.274. The summed E-state index contributed by atoms with van der Waals surface area (Å²) in [5.41, 5.74) is 0.610. The van der Waals surface area contributed by atoms with Crippen LogP contribution in [0.3, 0.4) is 0 Å². The maximum atomic E-state index is 12.8. The minimum Gasteiger partial charge on any atom is -0.445 e. The Balaban J connectivity index is 1.28. The zero-order chi connectivity index (χ0) is 26.1. The molecule has 1 spiro atoms. The zero-order valence-electron chi connectivity index (χ0n) is 19.0. The number of amides is 2. The maximum Gasteiger partial charge on any atom is 0.573 e. The van der Waals surface area contributed by atoms with Crippen molar-refractivity contribution in [2.24, 2.45) is 10.6 Å². The van der Waals surface area contributed by atoms with Gasteiger partial charge in [0.2, 0.25) is 10.0 Å². The molecular weight excluding hydrogens is 503 g/mol. The number of ether oxygens (including phenoxy) is 2. The molecule has 0 atom stereocenters. The predicted molar refractivity (Wildman–Crippen MR) is 120 cm³/mol. The fraction of sp³-hybridized carbons (Fsp3) is 0.391. The quantitative estimate of drug-likeness (QED) is 0.638. The maximum absolute atomic E-state index is 12.8. The molecule has 36 heavy (non-hydrogen) atoms. The van der Waals surface area contributed by atoms with Gasteiger partial charge in [-0.1, -0.05) is 12.1 Å². The Morgan fingerprint density at radius 2 is 1.58 bits per heavy atom. The molecule has 2 aliphatic rings. The number of halogens is 3. The molecule has 2 aromatic rings. The Morgan fingerprint density at radius 3 is 2.17 bits per heavy atom. The van der Waals surface area contributed by atoms with Gasteiger partial charge < -0.3 is 19.3 Å². The van der Waals surface area contributed by atoms with Gasteiger partial charge in [0, 0.05) is 37.2 Å². The second kappa shape index (κ2) is 9.62. The number of nitrogens with zero attached hydrogens (tertiary/aromatic N) is 2. The number of piperidine rings is 1. The van der Waals surface area contributed by atoms with Crippen LogP contribution in [0.25, 0.3) is 0 Å². The van der Waals surface area contributed by atoms with Crippen molar-refractivity contribution in [2.75, 3.05) is 26.2 Å². The number of carbonyl (C=O) groups is 2. The van der Waals surface area contributed by atoms with Gasteiger partial charge in [-0.2, -0.15) is 0 Å². The molecule has 0 bridgehead atoms. The molecule has 0 radical (unpaired) electrons. The third-order valence-corrected chi connectivity index (χ3v) is 7.14. The summed E-state index contributed by atoms with van der Waals surface area (Å²) in [6.07, 6.45) is -3.74. The average Bonchev–Trinajstić information content (AvgIpc) is 2.80. The monoisotopic (exact) mass is 527 g/mol. The van der Waals surface area contributed by atoms with Crippen LogP contribution in [0.5, 0.6) is 5.75 Å². The molecular formula is C23H24F3N3O6S. The lowest BCUT2D eigenvalue weighted by atomic mass is 9.73. The highest BCUT2D eigenvalue weighted by Gasteiger charge is 2.48. The van der Waals surface area contributed by atoms with E-state index in [-0.39, 0.29) is 28.6 Å². The highest BCUT2D eigenvalue weighted by atomic mass is 32.2. The number of likely N-dealkylation sites (tertiary alicyclic amines) is 2. The topological polar surface area (TPSA) is 119 Å². The fourth-order valence-electron chi connectivity index (χ4n) is 4.52. The first-order valence-corrected chi connectivity index (χ1v) is 12.6. The lowest BCUT2D eigenvalue weighted by Gasteiger charge is -2.54. The van der Waals surface area contributed by atoms with Gasteiger partial charge in [-0.15, -0.1) is 13.2 Å². The number of primary sulfonamides is 1. The van der Waals surface area contributed by atoms with E-state index in [1.54, 1.807) is 9.80 Å². The summed E-state index contributed by atoms with van der Waals surface area (Å²) in [6.45, 7) is 1.72. The molecule has 0 unspecified atom stereocenters. The molecule has 0 aliphatic carbocycles. The standard InChI is InChI=1S/C23H24F3N3O6S/c24-23(25,26)35-18-6-2-16(3-7-18)12-34-21(31)28-11-1-10-22(13-28)14-29(15-22)20(30)17-4-8-19(9-5-17)36(27,32)33/h2-9H,1,10-15H2,(H2,27,32,33). The lowest BCUT2D eigenvalue weighted by Crippen LogP contribution is -2.64. The number of sulfonamides is 1. The van der Waals surface area contributed by atoms with Crippen molar-refractivity contribution >= 4 is 22.0 Å². The second-order valence-corrected chi connectivity index (χ2v) is 10.6. The van der Waals surface area contributed by atoms with Crippen molar-refractivity contribution in [3.63, 3.8) is 0 Å². The predicted octanol–water partition coefficient (Wildman–Crippen LogP) is 3.11. The highest BCUT2D eigenvalue weighted by molar-refractivity contribution is 7.89. The SMILES string of the molecule is NS(=O)(=O)c1ccc(C(=O)N2CC3(CCCN(C(=O)OCc4ccc(OC(F)(F)F)cc4)C3)C2)cc1. The van der Waals surface area contributed by atoms with E-state index in [1.807, 2.05) is 0 Å². The molecule has 9 nitrogen and oxygen atoms in total. The van der Waals surface area contributed by atoms with E-state index in [9.17, 15) is 31.2 Å². The molecule has 2 fully saturated rings. The van der Waals surface area contributed by atoms with Gasteiger partial charge in [0.25, 0.3) is 5.91 Å². The van der Waals surface area contributed by atoms with Crippen LogP contribution in [0.2, 0.25) is 0 Å². The van der Waals surface area contributed by atoms with Gasteiger partial charge in [0.05, 0.1) is 4.90 Å². The van der Waals surface area contributed by atoms with Gasteiger partial charge in [-0.05, 0) is 54.8 Å². The van der Waals surface area contributed by atoms with Crippen LogP contribution in [-0.2, 0) is 21.4 Å². The molecule has 4 rings (SSSR count). The molecule has 2 saturated heterocycles. The molecule has 2 aromatic carbocycles. The van der Waals surface area contributed by atoms with Crippen molar-refractivity contribution in [1.82, 2.24) is 9.80 Å². The number of hydrogen-bond donors (Lipinski definition) is 1. The Morgan fingerprint density at radius 1 is 0.972 bits per heavy atom. The molecule has 2 N–H and O–H groups in total. The Hall–Kier alpha value is -3.32. The molecule has 2 amide bonds.